The van der Waals surface area contributed by atoms with Crippen molar-refractivity contribution < 1.29 is 17.9 Å². The minimum Gasteiger partial charge on any atom is -0.497 e. The number of carbonyl (C=O) groups is 1. The van der Waals surface area contributed by atoms with Crippen LogP contribution < -0.4 is 9.04 Å². The predicted molar refractivity (Wildman–Crippen MR) is 94.0 cm³/mol. The molecule has 0 saturated heterocycles. The first-order valence-corrected chi connectivity index (χ1v) is 9.19. The smallest absolute Gasteiger partial charge is 0.270 e. The number of halogens is 1. The Morgan fingerprint density at radius 1 is 1.08 bits per heavy atom. The summed E-state index contributed by atoms with van der Waals surface area (Å²) in [6, 6.07) is 12.0. The number of methoxy groups -OCH3 is 1. The molecule has 0 atom stereocenters. The molecule has 128 valence electrons. The fourth-order valence-electron chi connectivity index (χ4n) is 2.16. The first-order valence-electron chi connectivity index (χ1n) is 7.38. The minimum absolute atomic E-state index is 0.00664. The van der Waals surface area contributed by atoms with Gasteiger partial charge in [0.25, 0.3) is 10.0 Å². The molecule has 0 saturated carbocycles. The van der Waals surface area contributed by atoms with Crippen molar-refractivity contribution in [1.29, 1.82) is 0 Å². The molecule has 7 heteroatoms. The molecule has 2 rings (SSSR count). The Bertz CT molecular complexity index is 801. The van der Waals surface area contributed by atoms with Crippen molar-refractivity contribution in [3.63, 3.8) is 0 Å². The quantitative estimate of drug-likeness (QED) is 0.777. The molecule has 0 bridgehead atoms. The molecular formula is C17H18ClNO4S. The Morgan fingerprint density at radius 2 is 1.67 bits per heavy atom. The second-order valence-electron chi connectivity index (χ2n) is 5.07. The molecule has 0 spiro atoms. The maximum absolute atomic E-state index is 12.9. The summed E-state index contributed by atoms with van der Waals surface area (Å²) in [6.45, 7) is 1.82. The summed E-state index contributed by atoms with van der Waals surface area (Å²) in [6.07, 6.45) is 0.667. The molecule has 2 aromatic carbocycles. The number of anilines is 1. The van der Waals surface area contributed by atoms with E-state index in [-0.39, 0.29) is 17.0 Å². The highest BCUT2D eigenvalue weighted by Gasteiger charge is 2.30. The van der Waals surface area contributed by atoms with Crippen molar-refractivity contribution in [2.75, 3.05) is 11.4 Å². The highest BCUT2D eigenvalue weighted by molar-refractivity contribution is 7.93. The van der Waals surface area contributed by atoms with Crippen LogP contribution in [0.2, 0.25) is 5.02 Å². The number of ether oxygens (including phenoxy) is 1. The van der Waals surface area contributed by atoms with Crippen molar-refractivity contribution in [2.45, 2.75) is 24.7 Å². The zero-order chi connectivity index (χ0) is 17.7. The highest BCUT2D eigenvalue weighted by Crippen LogP contribution is 2.27. The summed E-state index contributed by atoms with van der Waals surface area (Å²) < 4.78 is 31.8. The van der Waals surface area contributed by atoms with Gasteiger partial charge in [-0.2, -0.15) is 0 Å². The van der Waals surface area contributed by atoms with Gasteiger partial charge in [0, 0.05) is 11.4 Å². The van der Waals surface area contributed by atoms with E-state index in [1.165, 1.54) is 31.4 Å². The number of rotatable bonds is 6. The molecule has 0 aliphatic heterocycles. The van der Waals surface area contributed by atoms with Gasteiger partial charge in [-0.25, -0.2) is 12.7 Å². The number of carbonyl (C=O) groups excluding carboxylic acids is 1. The van der Waals surface area contributed by atoms with Crippen LogP contribution in [0.3, 0.4) is 0 Å². The molecule has 0 aliphatic carbocycles. The molecule has 2 aromatic rings. The summed E-state index contributed by atoms with van der Waals surface area (Å²) in [5.74, 6) is 0.0862. The normalized spacial score (nSPS) is 11.1. The Labute approximate surface area is 146 Å². The van der Waals surface area contributed by atoms with Crippen molar-refractivity contribution in [3.8, 4) is 5.75 Å². The third-order valence-corrected chi connectivity index (χ3v) is 5.36. The lowest BCUT2D eigenvalue weighted by Crippen LogP contribution is -2.36. The average molecular weight is 368 g/mol. The maximum Gasteiger partial charge on any atom is 0.270 e. The largest absolute Gasteiger partial charge is 0.497 e. The van der Waals surface area contributed by atoms with Gasteiger partial charge in [-0.05, 0) is 55.0 Å². The van der Waals surface area contributed by atoms with Crippen LogP contribution in [0, 0.1) is 0 Å². The molecule has 0 aliphatic rings. The van der Waals surface area contributed by atoms with E-state index in [1.54, 1.807) is 24.3 Å². The Hall–Kier alpha value is -2.05. The lowest BCUT2D eigenvalue weighted by Gasteiger charge is -2.22. The van der Waals surface area contributed by atoms with E-state index in [0.29, 0.717) is 17.2 Å². The fraction of sp³-hybridized carbons (Fsp3) is 0.235. The molecule has 5 nitrogen and oxygen atoms in total. The number of amides is 1. The Balaban J connectivity index is 2.52. The summed E-state index contributed by atoms with van der Waals surface area (Å²) in [7, 11) is -2.51. The summed E-state index contributed by atoms with van der Waals surface area (Å²) in [5, 5.41) is 0.421. The molecule has 0 unspecified atom stereocenters. The van der Waals surface area contributed by atoms with Gasteiger partial charge in [0.1, 0.15) is 5.75 Å². The predicted octanol–water partition coefficient (Wildman–Crippen LogP) is 3.87. The van der Waals surface area contributed by atoms with Crippen molar-refractivity contribution in [1.82, 2.24) is 0 Å². The molecule has 0 radical (unpaired) electrons. The third kappa shape index (κ3) is 3.88. The summed E-state index contributed by atoms with van der Waals surface area (Å²) >= 11 is 5.81. The van der Waals surface area contributed by atoms with Crippen LogP contribution in [-0.4, -0.2) is 21.4 Å². The SMILES string of the molecule is CCCC(=O)N(c1ccc(OC)cc1)S(=O)(=O)c1ccc(Cl)cc1. The Morgan fingerprint density at radius 3 is 2.17 bits per heavy atom. The van der Waals surface area contributed by atoms with E-state index < -0.39 is 15.9 Å². The van der Waals surface area contributed by atoms with Gasteiger partial charge < -0.3 is 4.74 Å². The van der Waals surface area contributed by atoms with E-state index >= 15 is 0 Å². The van der Waals surface area contributed by atoms with Crippen LogP contribution in [0.5, 0.6) is 5.75 Å². The molecular weight excluding hydrogens is 350 g/mol. The van der Waals surface area contributed by atoms with Crippen LogP contribution in [-0.2, 0) is 14.8 Å². The van der Waals surface area contributed by atoms with Gasteiger partial charge in [-0.1, -0.05) is 18.5 Å². The first kappa shape index (κ1) is 18.3. The maximum atomic E-state index is 12.9. The fourth-order valence-corrected chi connectivity index (χ4v) is 3.74. The van der Waals surface area contributed by atoms with Crippen LogP contribution in [0.25, 0.3) is 0 Å². The number of nitrogens with zero attached hydrogens (tertiary/aromatic N) is 1. The standard InChI is InChI=1S/C17H18ClNO4S/c1-3-4-17(20)19(14-7-9-15(23-2)10-8-14)24(21,22)16-11-5-13(18)6-12-16/h5-12H,3-4H2,1-2H3. The number of benzene rings is 2. The van der Waals surface area contributed by atoms with Crippen LogP contribution >= 0.6 is 11.6 Å². The van der Waals surface area contributed by atoms with Gasteiger partial charge in [-0.15, -0.1) is 0 Å². The monoisotopic (exact) mass is 367 g/mol. The highest BCUT2D eigenvalue weighted by atomic mass is 35.5. The second kappa shape index (κ2) is 7.68. The van der Waals surface area contributed by atoms with Gasteiger partial charge in [-0.3, -0.25) is 4.79 Å². The molecule has 24 heavy (non-hydrogen) atoms. The van der Waals surface area contributed by atoms with Crippen LogP contribution in [0.1, 0.15) is 19.8 Å². The molecule has 0 heterocycles. The molecule has 0 fully saturated rings. The summed E-state index contributed by atoms with van der Waals surface area (Å²) in [4.78, 5) is 12.5. The lowest BCUT2D eigenvalue weighted by molar-refractivity contribution is -0.117. The van der Waals surface area contributed by atoms with E-state index in [1.807, 2.05) is 6.92 Å². The van der Waals surface area contributed by atoms with Crippen molar-refractivity contribution in [2.24, 2.45) is 0 Å². The van der Waals surface area contributed by atoms with Crippen molar-refractivity contribution in [3.05, 3.63) is 53.6 Å². The van der Waals surface area contributed by atoms with Crippen LogP contribution in [0.15, 0.2) is 53.4 Å². The number of hydrogen-bond acceptors (Lipinski definition) is 4. The zero-order valence-corrected chi connectivity index (χ0v) is 15.0. The molecule has 0 aromatic heterocycles. The first-order chi connectivity index (χ1) is 11.4. The van der Waals surface area contributed by atoms with Gasteiger partial charge in [0.05, 0.1) is 17.7 Å². The zero-order valence-electron chi connectivity index (χ0n) is 13.4. The third-order valence-electron chi connectivity index (χ3n) is 3.35. The van der Waals surface area contributed by atoms with Gasteiger partial charge in [0.2, 0.25) is 5.91 Å². The van der Waals surface area contributed by atoms with E-state index in [0.717, 1.165) is 4.31 Å². The topological polar surface area (TPSA) is 63.7 Å². The van der Waals surface area contributed by atoms with E-state index in [2.05, 4.69) is 0 Å². The number of hydrogen-bond donors (Lipinski definition) is 0. The van der Waals surface area contributed by atoms with E-state index in [4.69, 9.17) is 16.3 Å². The average Bonchev–Trinajstić information content (AvgIpc) is 2.56. The minimum atomic E-state index is -4.03. The van der Waals surface area contributed by atoms with Gasteiger partial charge in [0.15, 0.2) is 0 Å². The van der Waals surface area contributed by atoms with Gasteiger partial charge >= 0.3 is 0 Å². The van der Waals surface area contributed by atoms with Crippen molar-refractivity contribution >= 4 is 33.2 Å². The Kier molecular flexibility index (Phi) is 5.85. The molecule has 1 amide bonds. The summed E-state index contributed by atoms with van der Waals surface area (Å²) in [5.41, 5.74) is 0.268. The van der Waals surface area contributed by atoms with E-state index in [9.17, 15) is 13.2 Å². The van der Waals surface area contributed by atoms with Crippen LogP contribution in [0.4, 0.5) is 5.69 Å². The molecule has 0 N–H and O–H groups in total. The number of sulfonamides is 1. The second-order valence-corrected chi connectivity index (χ2v) is 7.29. The lowest BCUT2D eigenvalue weighted by atomic mass is 10.2.